The van der Waals surface area contributed by atoms with E-state index < -0.39 is 5.97 Å². The van der Waals surface area contributed by atoms with Crippen LogP contribution in [-0.2, 0) is 16.0 Å². The number of carboxylic acids is 1. The maximum absolute atomic E-state index is 13.9. The fourth-order valence-corrected chi connectivity index (χ4v) is 2.02. The molecule has 1 aromatic rings. The zero-order chi connectivity index (χ0) is 13.0. The van der Waals surface area contributed by atoms with Crippen LogP contribution in [-0.4, -0.2) is 37.4 Å². The molecule has 1 aromatic carbocycles. The Hall–Kier alpha value is -1.62. The summed E-state index contributed by atoms with van der Waals surface area (Å²) in [7, 11) is 0. The van der Waals surface area contributed by atoms with Crippen LogP contribution in [0, 0.1) is 5.82 Å². The molecule has 0 spiro atoms. The number of benzene rings is 1. The molecule has 98 valence electrons. The fraction of sp³-hybridized carbons (Fsp3) is 0.462. The number of halogens is 1. The van der Waals surface area contributed by atoms with E-state index in [0.29, 0.717) is 44.0 Å². The molecule has 1 N–H and O–H groups in total. The molecule has 1 aliphatic rings. The lowest BCUT2D eigenvalue weighted by atomic mass is 10.1. The van der Waals surface area contributed by atoms with Gasteiger partial charge in [0.2, 0.25) is 0 Å². The minimum absolute atomic E-state index is 0.0241. The van der Waals surface area contributed by atoms with Gasteiger partial charge in [-0.25, -0.2) is 4.39 Å². The lowest BCUT2D eigenvalue weighted by Gasteiger charge is -2.29. The van der Waals surface area contributed by atoms with Crippen LogP contribution < -0.4 is 4.90 Å². The molecule has 5 heteroatoms. The average Bonchev–Trinajstić information content (AvgIpc) is 2.37. The molecule has 1 heterocycles. The monoisotopic (exact) mass is 253 g/mol. The van der Waals surface area contributed by atoms with Gasteiger partial charge in [-0.15, -0.1) is 0 Å². The summed E-state index contributed by atoms with van der Waals surface area (Å²) in [5.74, 6) is -1.16. The molecule has 4 nitrogen and oxygen atoms in total. The van der Waals surface area contributed by atoms with Gasteiger partial charge in [0.1, 0.15) is 5.82 Å². The van der Waals surface area contributed by atoms with Gasteiger partial charge >= 0.3 is 5.97 Å². The number of hydrogen-bond donors (Lipinski definition) is 1. The van der Waals surface area contributed by atoms with E-state index in [4.69, 9.17) is 9.84 Å². The van der Waals surface area contributed by atoms with Crippen LogP contribution in [0.25, 0.3) is 0 Å². The van der Waals surface area contributed by atoms with Crippen molar-refractivity contribution in [3.63, 3.8) is 0 Å². The third kappa shape index (κ3) is 3.20. The van der Waals surface area contributed by atoms with Gasteiger partial charge < -0.3 is 14.7 Å². The van der Waals surface area contributed by atoms with Gasteiger partial charge in [-0.05, 0) is 24.1 Å². The number of hydrogen-bond acceptors (Lipinski definition) is 3. The van der Waals surface area contributed by atoms with Gasteiger partial charge in [0, 0.05) is 19.5 Å². The maximum atomic E-state index is 13.9. The summed E-state index contributed by atoms with van der Waals surface area (Å²) in [6, 6.07) is 4.93. The molecular weight excluding hydrogens is 237 g/mol. The fourth-order valence-electron chi connectivity index (χ4n) is 2.02. The minimum Gasteiger partial charge on any atom is -0.481 e. The summed E-state index contributed by atoms with van der Waals surface area (Å²) in [6.45, 7) is 2.59. The maximum Gasteiger partial charge on any atom is 0.303 e. The van der Waals surface area contributed by atoms with Crippen molar-refractivity contribution in [3.05, 3.63) is 29.6 Å². The predicted octanol–water partition coefficient (Wildman–Crippen LogP) is 1.68. The molecule has 1 fully saturated rings. The Morgan fingerprint density at radius 3 is 2.72 bits per heavy atom. The highest BCUT2D eigenvalue weighted by atomic mass is 19.1. The topological polar surface area (TPSA) is 49.8 Å². The molecule has 0 aromatic heterocycles. The molecule has 0 aliphatic carbocycles. The van der Waals surface area contributed by atoms with Crippen LogP contribution in [0.2, 0.25) is 0 Å². The van der Waals surface area contributed by atoms with Crippen molar-refractivity contribution in [2.45, 2.75) is 12.8 Å². The Bertz CT molecular complexity index is 430. The van der Waals surface area contributed by atoms with Crippen LogP contribution in [0.4, 0.5) is 10.1 Å². The lowest BCUT2D eigenvalue weighted by molar-refractivity contribution is -0.136. The smallest absolute Gasteiger partial charge is 0.303 e. The van der Waals surface area contributed by atoms with Gasteiger partial charge in [0.25, 0.3) is 0 Å². The van der Waals surface area contributed by atoms with Crippen molar-refractivity contribution in [2.75, 3.05) is 31.2 Å². The quantitative estimate of drug-likeness (QED) is 0.887. The third-order valence-electron chi connectivity index (χ3n) is 2.99. The first-order chi connectivity index (χ1) is 8.66. The van der Waals surface area contributed by atoms with Crippen LogP contribution in [0.3, 0.4) is 0 Å². The van der Waals surface area contributed by atoms with Gasteiger partial charge in [-0.3, -0.25) is 4.79 Å². The zero-order valence-electron chi connectivity index (χ0n) is 10.1. The van der Waals surface area contributed by atoms with E-state index in [-0.39, 0.29) is 12.2 Å². The number of carboxylic acid groups (broad SMARTS) is 1. The summed E-state index contributed by atoms with van der Waals surface area (Å²) in [4.78, 5) is 12.4. The van der Waals surface area contributed by atoms with E-state index in [1.54, 1.807) is 12.1 Å². The Labute approximate surface area is 105 Å². The van der Waals surface area contributed by atoms with E-state index >= 15 is 0 Å². The normalized spacial score (nSPS) is 15.7. The second kappa shape index (κ2) is 5.82. The third-order valence-corrected chi connectivity index (χ3v) is 2.99. The highest BCUT2D eigenvalue weighted by Crippen LogP contribution is 2.22. The van der Waals surface area contributed by atoms with Crippen molar-refractivity contribution in [1.29, 1.82) is 0 Å². The SMILES string of the molecule is O=C(O)CCc1ccc(N2CCOCC2)c(F)c1. The highest BCUT2D eigenvalue weighted by molar-refractivity contribution is 5.67. The van der Waals surface area contributed by atoms with Gasteiger partial charge in [0.15, 0.2) is 0 Å². The number of ether oxygens (including phenoxy) is 1. The number of carbonyl (C=O) groups is 1. The summed E-state index contributed by atoms with van der Waals surface area (Å²) < 4.78 is 19.1. The van der Waals surface area contributed by atoms with E-state index in [0.717, 1.165) is 0 Å². The second-order valence-corrected chi connectivity index (χ2v) is 4.28. The van der Waals surface area contributed by atoms with Crippen molar-refractivity contribution >= 4 is 11.7 Å². The molecule has 1 aliphatic heterocycles. The van der Waals surface area contributed by atoms with E-state index in [2.05, 4.69) is 0 Å². The summed E-state index contributed by atoms with van der Waals surface area (Å²) in [5, 5.41) is 8.59. The first kappa shape index (κ1) is 12.8. The Kier molecular flexibility index (Phi) is 4.15. The predicted molar refractivity (Wildman–Crippen MR) is 65.4 cm³/mol. The van der Waals surface area contributed by atoms with E-state index in [9.17, 15) is 9.18 Å². The number of rotatable bonds is 4. The first-order valence-electron chi connectivity index (χ1n) is 6.00. The van der Waals surface area contributed by atoms with Gasteiger partial charge in [-0.2, -0.15) is 0 Å². The van der Waals surface area contributed by atoms with Crippen LogP contribution in [0.1, 0.15) is 12.0 Å². The van der Waals surface area contributed by atoms with Crippen molar-refractivity contribution in [2.24, 2.45) is 0 Å². The number of aliphatic carboxylic acids is 1. The summed E-state index contributed by atoms with van der Waals surface area (Å²) in [6.07, 6.45) is 0.381. The van der Waals surface area contributed by atoms with Gasteiger partial charge in [0.05, 0.1) is 18.9 Å². The molecule has 1 saturated heterocycles. The molecule has 2 rings (SSSR count). The van der Waals surface area contributed by atoms with E-state index in [1.807, 2.05) is 4.90 Å². The van der Waals surface area contributed by atoms with Crippen LogP contribution >= 0.6 is 0 Å². The largest absolute Gasteiger partial charge is 0.481 e. The number of nitrogens with zero attached hydrogens (tertiary/aromatic N) is 1. The van der Waals surface area contributed by atoms with Crippen LogP contribution in [0.15, 0.2) is 18.2 Å². The second-order valence-electron chi connectivity index (χ2n) is 4.28. The molecule has 0 atom stereocenters. The van der Waals surface area contributed by atoms with Crippen molar-refractivity contribution in [1.82, 2.24) is 0 Å². The lowest BCUT2D eigenvalue weighted by Crippen LogP contribution is -2.36. The Balaban J connectivity index is 2.06. The molecule has 0 unspecified atom stereocenters. The Morgan fingerprint density at radius 2 is 2.11 bits per heavy atom. The van der Waals surface area contributed by atoms with Gasteiger partial charge in [-0.1, -0.05) is 6.07 Å². The average molecular weight is 253 g/mol. The molecular formula is C13H16FNO3. The van der Waals surface area contributed by atoms with Crippen molar-refractivity contribution < 1.29 is 19.0 Å². The molecule has 0 amide bonds. The highest BCUT2D eigenvalue weighted by Gasteiger charge is 2.15. The first-order valence-corrected chi connectivity index (χ1v) is 6.00. The molecule has 0 radical (unpaired) electrons. The summed E-state index contributed by atoms with van der Waals surface area (Å²) >= 11 is 0. The molecule has 0 saturated carbocycles. The standard InChI is InChI=1S/C13H16FNO3/c14-11-9-10(2-4-13(16)17)1-3-12(11)15-5-7-18-8-6-15/h1,3,9H,2,4-8H2,(H,16,17). The molecule has 0 bridgehead atoms. The number of anilines is 1. The van der Waals surface area contributed by atoms with Crippen molar-refractivity contribution in [3.8, 4) is 0 Å². The number of morpholine rings is 1. The molecule has 18 heavy (non-hydrogen) atoms. The number of aryl methyl sites for hydroxylation is 1. The minimum atomic E-state index is -0.868. The zero-order valence-corrected chi connectivity index (χ0v) is 10.1. The van der Waals surface area contributed by atoms with E-state index in [1.165, 1.54) is 6.07 Å². The summed E-state index contributed by atoms with van der Waals surface area (Å²) in [5.41, 5.74) is 1.28. The Morgan fingerprint density at radius 1 is 1.39 bits per heavy atom. The van der Waals surface area contributed by atoms with Crippen LogP contribution in [0.5, 0.6) is 0 Å².